The molecule has 2 heterocycles. The van der Waals surface area contributed by atoms with E-state index in [9.17, 15) is 4.79 Å². The number of nitrogens with zero attached hydrogens (tertiary/aromatic N) is 2. The Morgan fingerprint density at radius 3 is 2.50 bits per heavy atom. The highest BCUT2D eigenvalue weighted by Gasteiger charge is 2.08. The zero-order valence-electron chi connectivity index (χ0n) is 12.8. The minimum atomic E-state index is -0.0530. The second kappa shape index (κ2) is 6.29. The molecular formula is C19H15N3OS. The van der Waals surface area contributed by atoms with Gasteiger partial charge in [0.1, 0.15) is 0 Å². The van der Waals surface area contributed by atoms with Gasteiger partial charge in [-0.1, -0.05) is 35.6 Å². The molecule has 0 radical (unpaired) electrons. The molecule has 24 heavy (non-hydrogen) atoms. The molecule has 0 aliphatic carbocycles. The number of hydrogen-bond donors (Lipinski definition) is 1. The number of rotatable bonds is 4. The van der Waals surface area contributed by atoms with Gasteiger partial charge >= 0.3 is 0 Å². The SMILES string of the molecule is O=C(Cc1ccc(-n2cccc2)cc1)Nc1nc2ccccc2s1. The lowest BCUT2D eigenvalue weighted by Crippen LogP contribution is -2.14. The summed E-state index contributed by atoms with van der Waals surface area (Å²) >= 11 is 1.49. The summed E-state index contributed by atoms with van der Waals surface area (Å²) < 4.78 is 3.11. The lowest BCUT2D eigenvalue weighted by Gasteiger charge is -2.05. The summed E-state index contributed by atoms with van der Waals surface area (Å²) in [5.41, 5.74) is 2.97. The first-order chi connectivity index (χ1) is 11.8. The maximum absolute atomic E-state index is 12.2. The van der Waals surface area contributed by atoms with Crippen LogP contribution in [0.15, 0.2) is 73.1 Å². The number of carbonyl (C=O) groups excluding carboxylic acids is 1. The van der Waals surface area contributed by atoms with E-state index in [0.717, 1.165) is 21.5 Å². The van der Waals surface area contributed by atoms with E-state index in [2.05, 4.69) is 10.3 Å². The molecule has 2 aromatic carbocycles. The van der Waals surface area contributed by atoms with Crippen LogP contribution >= 0.6 is 11.3 Å². The van der Waals surface area contributed by atoms with Gasteiger partial charge in [-0.05, 0) is 42.0 Å². The molecule has 1 amide bonds. The minimum absolute atomic E-state index is 0.0530. The average molecular weight is 333 g/mol. The molecule has 0 atom stereocenters. The lowest BCUT2D eigenvalue weighted by molar-refractivity contribution is -0.115. The third-order valence-electron chi connectivity index (χ3n) is 3.74. The first-order valence-corrected chi connectivity index (χ1v) is 8.47. The Bertz CT molecular complexity index is 938. The van der Waals surface area contributed by atoms with Crippen LogP contribution in [-0.4, -0.2) is 15.5 Å². The van der Waals surface area contributed by atoms with Gasteiger partial charge in [-0.2, -0.15) is 0 Å². The maximum atomic E-state index is 12.2. The summed E-state index contributed by atoms with van der Waals surface area (Å²) in [6.45, 7) is 0. The largest absolute Gasteiger partial charge is 0.324 e. The molecule has 118 valence electrons. The standard InChI is InChI=1S/C19H15N3OS/c23-18(21-19-20-16-5-1-2-6-17(16)24-19)13-14-7-9-15(10-8-14)22-11-3-4-12-22/h1-12H,13H2,(H,20,21,23). The van der Waals surface area contributed by atoms with Gasteiger partial charge in [-0.15, -0.1) is 0 Å². The molecule has 0 saturated carbocycles. The zero-order chi connectivity index (χ0) is 16.4. The first-order valence-electron chi connectivity index (χ1n) is 7.66. The molecule has 4 rings (SSSR count). The number of aromatic nitrogens is 2. The van der Waals surface area contributed by atoms with Gasteiger partial charge in [-0.25, -0.2) is 4.98 Å². The molecule has 4 nitrogen and oxygen atoms in total. The van der Waals surface area contributed by atoms with Crippen molar-refractivity contribution in [2.75, 3.05) is 5.32 Å². The molecule has 0 fully saturated rings. The van der Waals surface area contributed by atoms with Gasteiger partial charge in [0.2, 0.25) is 5.91 Å². The van der Waals surface area contributed by atoms with Crippen LogP contribution < -0.4 is 5.32 Å². The van der Waals surface area contributed by atoms with Crippen molar-refractivity contribution in [1.29, 1.82) is 0 Å². The third-order valence-corrected chi connectivity index (χ3v) is 4.70. The van der Waals surface area contributed by atoms with E-state index in [1.807, 2.05) is 77.6 Å². The molecule has 0 saturated heterocycles. The smallest absolute Gasteiger partial charge is 0.230 e. The van der Waals surface area contributed by atoms with Crippen LogP contribution in [0.5, 0.6) is 0 Å². The maximum Gasteiger partial charge on any atom is 0.230 e. The number of nitrogens with one attached hydrogen (secondary N) is 1. The molecular weight excluding hydrogens is 318 g/mol. The monoisotopic (exact) mass is 333 g/mol. The number of anilines is 1. The second-order valence-electron chi connectivity index (χ2n) is 5.47. The number of para-hydroxylation sites is 1. The summed E-state index contributed by atoms with van der Waals surface area (Å²) in [7, 11) is 0. The second-order valence-corrected chi connectivity index (χ2v) is 6.50. The van der Waals surface area contributed by atoms with Crippen molar-refractivity contribution in [3.05, 3.63) is 78.6 Å². The van der Waals surface area contributed by atoms with Crippen molar-refractivity contribution in [1.82, 2.24) is 9.55 Å². The number of hydrogen-bond acceptors (Lipinski definition) is 3. The summed E-state index contributed by atoms with van der Waals surface area (Å²) in [6, 6.07) is 19.8. The highest BCUT2D eigenvalue weighted by atomic mass is 32.1. The van der Waals surface area contributed by atoms with Crippen molar-refractivity contribution in [2.24, 2.45) is 0 Å². The van der Waals surface area contributed by atoms with Crippen molar-refractivity contribution >= 4 is 32.6 Å². The number of carbonyl (C=O) groups is 1. The van der Waals surface area contributed by atoms with Gasteiger partial charge < -0.3 is 9.88 Å². The third kappa shape index (κ3) is 3.07. The minimum Gasteiger partial charge on any atom is -0.324 e. The van der Waals surface area contributed by atoms with Gasteiger partial charge in [0.25, 0.3) is 0 Å². The first kappa shape index (κ1) is 14.7. The molecule has 0 spiro atoms. The van der Waals surface area contributed by atoms with Crippen LogP contribution in [0.25, 0.3) is 15.9 Å². The number of thiazole rings is 1. The van der Waals surface area contributed by atoms with Crippen LogP contribution in [-0.2, 0) is 11.2 Å². The van der Waals surface area contributed by atoms with Crippen molar-refractivity contribution < 1.29 is 4.79 Å². The Morgan fingerprint density at radius 2 is 1.75 bits per heavy atom. The molecule has 5 heteroatoms. The van der Waals surface area contributed by atoms with E-state index in [1.165, 1.54) is 11.3 Å². The summed E-state index contributed by atoms with van der Waals surface area (Å²) in [5, 5.41) is 3.53. The number of fused-ring (bicyclic) bond motifs is 1. The Morgan fingerprint density at radius 1 is 1.00 bits per heavy atom. The average Bonchev–Trinajstić information content (AvgIpc) is 3.24. The Hall–Kier alpha value is -2.92. The number of benzene rings is 2. The van der Waals surface area contributed by atoms with E-state index in [0.29, 0.717) is 11.6 Å². The molecule has 0 aliphatic heterocycles. The van der Waals surface area contributed by atoms with Crippen LogP contribution in [0.3, 0.4) is 0 Å². The Balaban J connectivity index is 1.44. The van der Waals surface area contributed by atoms with Gasteiger partial charge in [0, 0.05) is 18.1 Å². The fourth-order valence-corrected chi connectivity index (χ4v) is 3.45. The van der Waals surface area contributed by atoms with Crippen molar-refractivity contribution in [3.63, 3.8) is 0 Å². The molecule has 2 aromatic heterocycles. The topological polar surface area (TPSA) is 46.9 Å². The quantitative estimate of drug-likeness (QED) is 0.606. The summed E-state index contributed by atoms with van der Waals surface area (Å²) in [6.07, 6.45) is 4.32. The van der Waals surface area contributed by atoms with Crippen LogP contribution in [0.1, 0.15) is 5.56 Å². The van der Waals surface area contributed by atoms with Crippen LogP contribution in [0, 0.1) is 0 Å². The van der Waals surface area contributed by atoms with E-state index in [4.69, 9.17) is 0 Å². The Kier molecular flexibility index (Phi) is 3.84. The molecule has 1 N–H and O–H groups in total. The van der Waals surface area contributed by atoms with E-state index in [1.54, 1.807) is 0 Å². The van der Waals surface area contributed by atoms with E-state index < -0.39 is 0 Å². The van der Waals surface area contributed by atoms with Crippen molar-refractivity contribution in [2.45, 2.75) is 6.42 Å². The number of amides is 1. The van der Waals surface area contributed by atoms with Crippen molar-refractivity contribution in [3.8, 4) is 5.69 Å². The molecule has 0 bridgehead atoms. The van der Waals surface area contributed by atoms with Crippen LogP contribution in [0.4, 0.5) is 5.13 Å². The normalized spacial score (nSPS) is 10.8. The predicted octanol–water partition coefficient (Wildman–Crippen LogP) is 4.27. The molecule has 0 unspecified atom stereocenters. The fourth-order valence-electron chi connectivity index (χ4n) is 2.57. The van der Waals surface area contributed by atoms with Crippen LogP contribution in [0.2, 0.25) is 0 Å². The van der Waals surface area contributed by atoms with E-state index >= 15 is 0 Å². The van der Waals surface area contributed by atoms with E-state index in [-0.39, 0.29) is 5.91 Å². The zero-order valence-corrected chi connectivity index (χ0v) is 13.7. The highest BCUT2D eigenvalue weighted by molar-refractivity contribution is 7.22. The molecule has 0 aliphatic rings. The molecule has 4 aromatic rings. The highest BCUT2D eigenvalue weighted by Crippen LogP contribution is 2.25. The summed E-state index contributed by atoms with van der Waals surface area (Å²) in [5.74, 6) is -0.0530. The lowest BCUT2D eigenvalue weighted by atomic mass is 10.1. The van der Waals surface area contributed by atoms with Gasteiger partial charge in [0.15, 0.2) is 5.13 Å². The fraction of sp³-hybridized carbons (Fsp3) is 0.0526. The van der Waals surface area contributed by atoms with Gasteiger partial charge in [0.05, 0.1) is 16.6 Å². The van der Waals surface area contributed by atoms with Gasteiger partial charge in [-0.3, -0.25) is 4.79 Å². The Labute approximate surface area is 143 Å². The predicted molar refractivity (Wildman–Crippen MR) is 97.7 cm³/mol. The summed E-state index contributed by atoms with van der Waals surface area (Å²) in [4.78, 5) is 16.6.